The Bertz CT molecular complexity index is 741. The Kier molecular flexibility index (Phi) is 2.73. The number of halogens is 1. The smallest absolute Gasteiger partial charge is 0.205 e. The Morgan fingerprint density at radius 1 is 1.28 bits per heavy atom. The second kappa shape index (κ2) is 4.26. The molecule has 0 atom stereocenters. The van der Waals surface area contributed by atoms with Crippen molar-refractivity contribution in [1.82, 2.24) is 4.98 Å². The quantitative estimate of drug-likeness (QED) is 0.690. The minimum absolute atomic E-state index is 0.0208. The molecule has 0 unspecified atom stereocenters. The summed E-state index contributed by atoms with van der Waals surface area (Å²) >= 11 is 7.67. The number of aromatic amines is 1. The van der Waals surface area contributed by atoms with E-state index < -0.39 is 0 Å². The molecule has 0 fully saturated rings. The number of nitrogens with one attached hydrogen (secondary N) is 1. The Hall–Kier alpha value is -1.58. The normalized spacial score (nSPS) is 11.0. The van der Waals surface area contributed by atoms with E-state index in [2.05, 4.69) is 4.98 Å². The summed E-state index contributed by atoms with van der Waals surface area (Å²) in [6.45, 7) is 1.99. The third-order valence-electron chi connectivity index (χ3n) is 2.86. The van der Waals surface area contributed by atoms with Crippen LogP contribution >= 0.6 is 22.9 Å². The summed E-state index contributed by atoms with van der Waals surface area (Å²) in [5.41, 5.74) is 1.52. The van der Waals surface area contributed by atoms with Crippen LogP contribution in [0, 0.1) is 6.92 Å². The van der Waals surface area contributed by atoms with Gasteiger partial charge in [0.1, 0.15) is 0 Å². The SMILES string of the molecule is Cc1ccc(C(=O)c2c[nH]c3cccc(Cl)c23)s1. The molecule has 0 aliphatic heterocycles. The maximum Gasteiger partial charge on any atom is 0.205 e. The number of hydrogen-bond donors (Lipinski definition) is 1. The van der Waals surface area contributed by atoms with Crippen LogP contribution in [0.2, 0.25) is 5.02 Å². The van der Waals surface area contributed by atoms with Crippen molar-refractivity contribution in [2.75, 3.05) is 0 Å². The Morgan fingerprint density at radius 2 is 2.11 bits per heavy atom. The van der Waals surface area contributed by atoms with Gasteiger partial charge in [-0.05, 0) is 31.2 Å². The zero-order valence-electron chi connectivity index (χ0n) is 9.66. The van der Waals surface area contributed by atoms with Crippen molar-refractivity contribution in [2.24, 2.45) is 0 Å². The lowest BCUT2D eigenvalue weighted by molar-refractivity contribution is 0.104. The predicted octanol–water partition coefficient (Wildman–Crippen LogP) is 4.42. The van der Waals surface area contributed by atoms with Crippen LogP contribution in [0.5, 0.6) is 0 Å². The summed E-state index contributed by atoms with van der Waals surface area (Å²) in [5, 5.41) is 1.40. The van der Waals surface area contributed by atoms with Gasteiger partial charge < -0.3 is 4.98 Å². The number of H-pyrrole nitrogens is 1. The number of carbonyl (C=O) groups excluding carboxylic acids is 1. The molecule has 3 aromatic rings. The second-order valence-corrected chi connectivity index (χ2v) is 5.80. The van der Waals surface area contributed by atoms with Crippen LogP contribution in [0.15, 0.2) is 36.5 Å². The van der Waals surface area contributed by atoms with Gasteiger partial charge in [0.25, 0.3) is 0 Å². The van der Waals surface area contributed by atoms with Crippen LogP contribution in [-0.2, 0) is 0 Å². The van der Waals surface area contributed by atoms with Crippen molar-refractivity contribution in [2.45, 2.75) is 6.92 Å². The summed E-state index contributed by atoms with van der Waals surface area (Å²) in [6, 6.07) is 9.39. The van der Waals surface area contributed by atoms with Gasteiger partial charge in [0.2, 0.25) is 5.78 Å². The summed E-state index contributed by atoms with van der Waals surface area (Å²) < 4.78 is 0. The van der Waals surface area contributed by atoms with Crippen LogP contribution in [-0.4, -0.2) is 10.8 Å². The summed E-state index contributed by atoms with van der Waals surface area (Å²) in [7, 11) is 0. The molecule has 3 rings (SSSR count). The first kappa shape index (κ1) is 11.5. The fourth-order valence-electron chi connectivity index (χ4n) is 2.01. The van der Waals surface area contributed by atoms with E-state index in [1.807, 2.05) is 31.2 Å². The maximum absolute atomic E-state index is 12.4. The van der Waals surface area contributed by atoms with Gasteiger partial charge in [0.05, 0.1) is 15.5 Å². The van der Waals surface area contributed by atoms with Gasteiger partial charge in [-0.2, -0.15) is 0 Å². The highest BCUT2D eigenvalue weighted by molar-refractivity contribution is 7.14. The number of benzene rings is 1. The minimum atomic E-state index is 0.0208. The molecule has 0 bridgehead atoms. The highest BCUT2D eigenvalue weighted by Crippen LogP contribution is 2.29. The van der Waals surface area contributed by atoms with E-state index in [1.165, 1.54) is 11.3 Å². The number of ketones is 1. The zero-order chi connectivity index (χ0) is 12.7. The van der Waals surface area contributed by atoms with Gasteiger partial charge in [0, 0.05) is 22.0 Å². The first-order valence-corrected chi connectivity index (χ1v) is 6.73. The van der Waals surface area contributed by atoms with Gasteiger partial charge in [-0.25, -0.2) is 0 Å². The third-order valence-corrected chi connectivity index (χ3v) is 4.18. The van der Waals surface area contributed by atoms with E-state index in [0.717, 1.165) is 20.7 Å². The molecule has 1 N–H and O–H groups in total. The average molecular weight is 276 g/mol. The largest absolute Gasteiger partial charge is 0.360 e. The number of rotatable bonds is 2. The zero-order valence-corrected chi connectivity index (χ0v) is 11.2. The average Bonchev–Trinajstić information content (AvgIpc) is 2.95. The molecule has 2 aromatic heterocycles. The summed E-state index contributed by atoms with van der Waals surface area (Å²) in [4.78, 5) is 17.4. The Labute approximate surface area is 113 Å². The molecule has 2 heterocycles. The molecule has 18 heavy (non-hydrogen) atoms. The molecule has 0 saturated carbocycles. The van der Waals surface area contributed by atoms with Crippen LogP contribution in [0.25, 0.3) is 10.9 Å². The van der Waals surface area contributed by atoms with Gasteiger partial charge in [0.15, 0.2) is 0 Å². The number of aromatic nitrogens is 1. The number of fused-ring (bicyclic) bond motifs is 1. The Morgan fingerprint density at radius 3 is 2.83 bits per heavy atom. The van der Waals surface area contributed by atoms with Crippen molar-refractivity contribution < 1.29 is 4.79 Å². The molecule has 2 nitrogen and oxygen atoms in total. The van der Waals surface area contributed by atoms with E-state index in [1.54, 1.807) is 12.3 Å². The van der Waals surface area contributed by atoms with E-state index in [4.69, 9.17) is 11.6 Å². The van der Waals surface area contributed by atoms with Gasteiger partial charge in [-0.1, -0.05) is 17.7 Å². The van der Waals surface area contributed by atoms with Crippen molar-refractivity contribution >= 4 is 39.6 Å². The third kappa shape index (κ3) is 1.76. The van der Waals surface area contributed by atoms with Gasteiger partial charge >= 0.3 is 0 Å². The highest BCUT2D eigenvalue weighted by Gasteiger charge is 2.17. The van der Waals surface area contributed by atoms with Crippen LogP contribution in [0.4, 0.5) is 0 Å². The molecule has 1 aromatic carbocycles. The van der Waals surface area contributed by atoms with E-state index in [9.17, 15) is 4.79 Å². The molecule has 0 spiro atoms. The van der Waals surface area contributed by atoms with Gasteiger partial charge in [-0.15, -0.1) is 11.3 Å². The minimum Gasteiger partial charge on any atom is -0.360 e. The molecule has 0 saturated heterocycles. The maximum atomic E-state index is 12.4. The monoisotopic (exact) mass is 275 g/mol. The fourth-order valence-corrected chi connectivity index (χ4v) is 3.11. The second-order valence-electron chi connectivity index (χ2n) is 4.10. The van der Waals surface area contributed by atoms with Crippen molar-refractivity contribution in [3.63, 3.8) is 0 Å². The Balaban J connectivity index is 2.18. The fraction of sp³-hybridized carbons (Fsp3) is 0.0714. The topological polar surface area (TPSA) is 32.9 Å². The van der Waals surface area contributed by atoms with Crippen molar-refractivity contribution in [3.05, 3.63) is 56.9 Å². The molecular formula is C14H10ClNOS. The van der Waals surface area contributed by atoms with Crippen LogP contribution < -0.4 is 0 Å². The summed E-state index contributed by atoms with van der Waals surface area (Å²) in [5.74, 6) is 0.0208. The van der Waals surface area contributed by atoms with Gasteiger partial charge in [-0.3, -0.25) is 4.79 Å². The molecule has 4 heteroatoms. The van der Waals surface area contributed by atoms with Crippen molar-refractivity contribution in [1.29, 1.82) is 0 Å². The van der Waals surface area contributed by atoms with E-state index in [0.29, 0.717) is 10.6 Å². The lowest BCUT2D eigenvalue weighted by atomic mass is 10.1. The standard InChI is InChI=1S/C14H10ClNOS/c1-8-5-6-12(18-8)14(17)9-7-16-11-4-2-3-10(15)13(9)11/h2-7,16H,1H3. The van der Waals surface area contributed by atoms with Crippen molar-refractivity contribution in [3.8, 4) is 0 Å². The summed E-state index contributed by atoms with van der Waals surface area (Å²) in [6.07, 6.45) is 1.73. The first-order valence-electron chi connectivity index (χ1n) is 5.53. The predicted molar refractivity (Wildman–Crippen MR) is 75.8 cm³/mol. The molecule has 90 valence electrons. The lowest BCUT2D eigenvalue weighted by Crippen LogP contribution is -1.97. The first-order chi connectivity index (χ1) is 8.66. The number of thiophene rings is 1. The highest BCUT2D eigenvalue weighted by atomic mass is 35.5. The molecule has 0 aliphatic carbocycles. The number of carbonyl (C=O) groups is 1. The molecule has 0 aliphatic rings. The molecule has 0 amide bonds. The van der Waals surface area contributed by atoms with Crippen LogP contribution in [0.1, 0.15) is 20.1 Å². The van der Waals surface area contributed by atoms with E-state index in [-0.39, 0.29) is 5.78 Å². The van der Waals surface area contributed by atoms with Crippen LogP contribution in [0.3, 0.4) is 0 Å². The molecule has 0 radical (unpaired) electrons. The van der Waals surface area contributed by atoms with E-state index >= 15 is 0 Å². The molecular weight excluding hydrogens is 266 g/mol. The lowest BCUT2D eigenvalue weighted by Gasteiger charge is -1.98. The number of aryl methyl sites for hydroxylation is 1. The number of hydrogen-bond acceptors (Lipinski definition) is 2.